The first kappa shape index (κ1) is 19.1. The Morgan fingerprint density at radius 2 is 2.00 bits per heavy atom. The van der Waals surface area contributed by atoms with E-state index in [1.54, 1.807) is 21.6 Å². The summed E-state index contributed by atoms with van der Waals surface area (Å²) in [5.41, 5.74) is 0.160. The molecule has 0 radical (unpaired) electrons. The molecule has 0 spiro atoms. The van der Waals surface area contributed by atoms with Crippen molar-refractivity contribution in [3.05, 3.63) is 41.1 Å². The number of rotatable bonds is 4. The maximum atomic E-state index is 12.5. The number of H-pyrrole nitrogens is 1. The third-order valence-electron chi connectivity index (χ3n) is 4.59. The van der Waals surface area contributed by atoms with Gasteiger partial charge in [0.2, 0.25) is 10.0 Å². The fraction of sp³-hybridized carbons (Fsp3) is 0.438. The number of carbonyl (C=O) groups excluding carboxylic acids is 1. The van der Waals surface area contributed by atoms with Gasteiger partial charge in [-0.3, -0.25) is 4.57 Å². The van der Waals surface area contributed by atoms with Crippen molar-refractivity contribution in [1.82, 2.24) is 24.0 Å². The summed E-state index contributed by atoms with van der Waals surface area (Å²) in [6.45, 7) is 0.980. The molecule has 0 aliphatic carbocycles. The number of aromatic amines is 1. The number of sulfonamides is 1. The van der Waals surface area contributed by atoms with E-state index < -0.39 is 10.0 Å². The van der Waals surface area contributed by atoms with Crippen LogP contribution in [0.1, 0.15) is 18.9 Å². The van der Waals surface area contributed by atoms with Crippen molar-refractivity contribution >= 4 is 21.7 Å². The van der Waals surface area contributed by atoms with Crippen molar-refractivity contribution in [2.24, 2.45) is 0 Å². The molecule has 1 aliphatic heterocycles. The van der Waals surface area contributed by atoms with Crippen molar-refractivity contribution in [2.75, 3.05) is 32.5 Å². The standard InChI is InChI=1S/C16H22N6O4S/c1-20(2)27(25,26)14-5-3-4-12(10-14)18-15(23)21-8-6-13(7-9-21)22-11-17-19-16(22)24/h3-5,10-11,13H,6-9H2,1-2H3,(H,18,23)(H,19,24). The minimum Gasteiger partial charge on any atom is -0.324 e. The summed E-state index contributed by atoms with van der Waals surface area (Å²) in [6.07, 6.45) is 2.75. The first-order valence-corrected chi connectivity index (χ1v) is 9.93. The summed E-state index contributed by atoms with van der Waals surface area (Å²) < 4.78 is 27.1. The van der Waals surface area contributed by atoms with Crippen LogP contribution in [0.15, 0.2) is 40.3 Å². The second-order valence-electron chi connectivity index (χ2n) is 6.53. The average Bonchev–Trinajstić information content (AvgIpc) is 3.08. The van der Waals surface area contributed by atoms with Crippen molar-refractivity contribution in [3.63, 3.8) is 0 Å². The quantitative estimate of drug-likeness (QED) is 0.790. The Hall–Kier alpha value is -2.66. The molecule has 2 N–H and O–H groups in total. The number of hydrogen-bond acceptors (Lipinski definition) is 5. The molecule has 27 heavy (non-hydrogen) atoms. The Kier molecular flexibility index (Phi) is 5.33. The van der Waals surface area contributed by atoms with E-state index in [1.807, 2.05) is 0 Å². The van der Waals surface area contributed by atoms with Crippen molar-refractivity contribution in [3.8, 4) is 0 Å². The Balaban J connectivity index is 1.64. The minimum absolute atomic E-state index is 0.00821. The molecule has 10 nitrogen and oxygen atoms in total. The monoisotopic (exact) mass is 394 g/mol. The van der Waals surface area contributed by atoms with Crippen molar-refractivity contribution in [2.45, 2.75) is 23.8 Å². The van der Waals surface area contributed by atoms with Crippen molar-refractivity contribution < 1.29 is 13.2 Å². The maximum absolute atomic E-state index is 12.5. The molecule has 2 heterocycles. The minimum atomic E-state index is -3.57. The molecule has 1 fully saturated rings. The Morgan fingerprint density at radius 1 is 1.30 bits per heavy atom. The fourth-order valence-corrected chi connectivity index (χ4v) is 3.96. The number of amides is 2. The van der Waals surface area contributed by atoms with Crippen LogP contribution in [0.4, 0.5) is 10.5 Å². The highest BCUT2D eigenvalue weighted by Gasteiger charge is 2.25. The number of nitrogens with one attached hydrogen (secondary N) is 2. The predicted octanol–water partition coefficient (Wildman–Crippen LogP) is 0.691. The van der Waals surface area contributed by atoms with Crippen LogP contribution in [0, 0.1) is 0 Å². The zero-order chi connectivity index (χ0) is 19.6. The Morgan fingerprint density at radius 3 is 2.59 bits per heavy atom. The number of likely N-dealkylation sites (tertiary alicyclic amines) is 1. The van der Waals surface area contributed by atoms with E-state index in [0.717, 1.165) is 4.31 Å². The maximum Gasteiger partial charge on any atom is 0.343 e. The lowest BCUT2D eigenvalue weighted by molar-refractivity contribution is 0.183. The molecular weight excluding hydrogens is 372 g/mol. The van der Waals surface area contributed by atoms with Crippen LogP contribution in [0.2, 0.25) is 0 Å². The molecule has 1 aliphatic rings. The van der Waals surface area contributed by atoms with E-state index in [9.17, 15) is 18.0 Å². The van der Waals surface area contributed by atoms with Crippen LogP contribution in [0.3, 0.4) is 0 Å². The van der Waals surface area contributed by atoms with Gasteiger partial charge in [-0.05, 0) is 31.0 Å². The predicted molar refractivity (Wildman–Crippen MR) is 99.0 cm³/mol. The van der Waals surface area contributed by atoms with Gasteiger partial charge in [-0.1, -0.05) is 6.07 Å². The molecule has 11 heteroatoms. The lowest BCUT2D eigenvalue weighted by atomic mass is 10.1. The average molecular weight is 394 g/mol. The summed E-state index contributed by atoms with van der Waals surface area (Å²) in [5, 5.41) is 8.84. The molecule has 3 rings (SSSR count). The van der Waals surface area contributed by atoms with Gasteiger partial charge in [0, 0.05) is 38.9 Å². The number of urea groups is 1. The second-order valence-corrected chi connectivity index (χ2v) is 8.68. The molecule has 146 valence electrons. The Labute approximate surface area is 156 Å². The van der Waals surface area contributed by atoms with Crippen LogP contribution in [0.5, 0.6) is 0 Å². The van der Waals surface area contributed by atoms with E-state index in [0.29, 0.717) is 31.6 Å². The van der Waals surface area contributed by atoms with E-state index in [1.165, 1.54) is 32.6 Å². The first-order chi connectivity index (χ1) is 12.8. The molecule has 1 aromatic heterocycles. The van der Waals surface area contributed by atoms with Crippen LogP contribution in [0.25, 0.3) is 0 Å². The number of hydrogen-bond donors (Lipinski definition) is 2. The van der Waals surface area contributed by atoms with Crippen LogP contribution < -0.4 is 11.0 Å². The van der Waals surface area contributed by atoms with Gasteiger partial charge >= 0.3 is 11.7 Å². The SMILES string of the molecule is CN(C)S(=O)(=O)c1cccc(NC(=O)N2CCC(n3cn[nH]c3=O)CC2)c1. The van der Waals surface area contributed by atoms with Crippen LogP contribution in [-0.4, -0.2) is 65.6 Å². The normalized spacial score (nSPS) is 15.9. The van der Waals surface area contributed by atoms with Crippen LogP contribution in [-0.2, 0) is 10.0 Å². The lowest BCUT2D eigenvalue weighted by Gasteiger charge is -2.32. The van der Waals surface area contributed by atoms with E-state index in [2.05, 4.69) is 15.5 Å². The molecule has 2 aromatic rings. The van der Waals surface area contributed by atoms with Gasteiger partial charge in [-0.15, -0.1) is 0 Å². The topological polar surface area (TPSA) is 120 Å². The van der Waals surface area contributed by atoms with E-state index in [4.69, 9.17) is 0 Å². The summed E-state index contributed by atoms with van der Waals surface area (Å²) in [4.78, 5) is 25.9. The third-order valence-corrected chi connectivity index (χ3v) is 6.40. The number of benzene rings is 1. The van der Waals surface area contributed by atoms with E-state index >= 15 is 0 Å². The molecule has 0 bridgehead atoms. The Bertz CT molecular complexity index is 973. The van der Waals surface area contributed by atoms with Gasteiger partial charge in [-0.2, -0.15) is 5.10 Å². The highest BCUT2D eigenvalue weighted by Crippen LogP contribution is 2.22. The first-order valence-electron chi connectivity index (χ1n) is 8.49. The highest BCUT2D eigenvalue weighted by molar-refractivity contribution is 7.89. The number of anilines is 1. The largest absolute Gasteiger partial charge is 0.343 e. The number of carbonyl (C=O) groups is 1. The molecule has 0 saturated carbocycles. The van der Waals surface area contributed by atoms with Gasteiger partial charge < -0.3 is 10.2 Å². The smallest absolute Gasteiger partial charge is 0.324 e. The van der Waals surface area contributed by atoms with Crippen molar-refractivity contribution in [1.29, 1.82) is 0 Å². The fourth-order valence-electron chi connectivity index (χ4n) is 3.01. The zero-order valence-electron chi connectivity index (χ0n) is 15.1. The summed E-state index contributed by atoms with van der Waals surface area (Å²) >= 11 is 0. The zero-order valence-corrected chi connectivity index (χ0v) is 15.9. The number of piperidine rings is 1. The summed E-state index contributed by atoms with van der Waals surface area (Å²) in [6, 6.07) is 5.86. The van der Waals surface area contributed by atoms with Gasteiger partial charge in [0.1, 0.15) is 6.33 Å². The number of nitrogens with zero attached hydrogens (tertiary/aromatic N) is 4. The molecule has 1 aromatic carbocycles. The summed E-state index contributed by atoms with van der Waals surface area (Å²) in [7, 11) is -0.660. The summed E-state index contributed by atoms with van der Waals surface area (Å²) in [5.74, 6) is 0. The number of aromatic nitrogens is 3. The molecule has 2 amide bonds. The molecule has 0 atom stereocenters. The molecule has 0 unspecified atom stereocenters. The van der Waals surface area contributed by atoms with Gasteiger partial charge in [0.05, 0.1) is 4.90 Å². The third kappa shape index (κ3) is 4.03. The van der Waals surface area contributed by atoms with Gasteiger partial charge in [-0.25, -0.2) is 27.4 Å². The van der Waals surface area contributed by atoms with Gasteiger partial charge in [0.15, 0.2) is 0 Å². The van der Waals surface area contributed by atoms with Gasteiger partial charge in [0.25, 0.3) is 0 Å². The van der Waals surface area contributed by atoms with Crippen LogP contribution >= 0.6 is 0 Å². The molecule has 1 saturated heterocycles. The highest BCUT2D eigenvalue weighted by atomic mass is 32.2. The lowest BCUT2D eigenvalue weighted by Crippen LogP contribution is -2.42. The van der Waals surface area contributed by atoms with E-state index in [-0.39, 0.29) is 22.7 Å². The molecular formula is C16H22N6O4S. The second kappa shape index (κ2) is 7.53.